The Kier molecular flexibility index (Phi) is 5.47. The topological polar surface area (TPSA) is 109 Å². The van der Waals surface area contributed by atoms with Crippen LogP contribution in [0.25, 0.3) is 11.0 Å². The van der Waals surface area contributed by atoms with Crippen molar-refractivity contribution in [3.63, 3.8) is 0 Å². The number of aromatic amines is 1. The minimum atomic E-state index is -1.13. The molecule has 0 spiro atoms. The lowest BCUT2D eigenvalue weighted by Gasteiger charge is -2.18. The molecule has 0 radical (unpaired) electrons. The van der Waals surface area contributed by atoms with E-state index in [1.54, 1.807) is 12.3 Å². The van der Waals surface area contributed by atoms with Gasteiger partial charge in [0.25, 0.3) is 0 Å². The molecule has 0 bridgehead atoms. The number of benzene rings is 2. The van der Waals surface area contributed by atoms with Crippen LogP contribution in [0.15, 0.2) is 48.7 Å². The first-order valence-electron chi connectivity index (χ1n) is 11.2. The molecule has 178 valence electrons. The number of carbonyl (C=O) groups excluding carboxylic acids is 2. The molecule has 2 amide bonds. The first-order valence-corrected chi connectivity index (χ1v) is 11.2. The first-order chi connectivity index (χ1) is 16.8. The summed E-state index contributed by atoms with van der Waals surface area (Å²) < 4.78 is 19.3. The van der Waals surface area contributed by atoms with Gasteiger partial charge < -0.3 is 15.4 Å². The maximum absolute atomic E-state index is 13.1. The van der Waals surface area contributed by atoms with Gasteiger partial charge in [-0.3, -0.25) is 14.7 Å². The minimum absolute atomic E-state index is 0.363. The van der Waals surface area contributed by atoms with Crippen LogP contribution in [0.5, 0.6) is 11.5 Å². The highest BCUT2D eigenvalue weighted by Gasteiger charge is 2.56. The summed E-state index contributed by atoms with van der Waals surface area (Å²) in [5, 5.41) is 13.5. The molecule has 0 unspecified atom stereocenters. The predicted octanol–water partition coefficient (Wildman–Crippen LogP) is 5.17. The number of rotatable bonds is 6. The maximum atomic E-state index is 13.1. The van der Waals surface area contributed by atoms with Crippen LogP contribution in [0.3, 0.4) is 0 Å². The van der Waals surface area contributed by atoms with Gasteiger partial charge in [0.05, 0.1) is 11.1 Å². The van der Waals surface area contributed by atoms with E-state index in [9.17, 15) is 14.0 Å². The molecule has 3 N–H and O–H groups in total. The standard InChI is InChI=1S/C26H24FN5O3/c1-14-13-21(35-20-8-11-28-23-22(20)16(3)31-32-23)15(2)12-19(14)30-25(34)26(9-10-26)24(33)29-18-6-4-17(27)5-7-18/h4-8,11-13H,9-10H2,1-3H3,(H,29,33)(H,30,34)(H,28,31,32). The fourth-order valence-corrected chi connectivity index (χ4v) is 4.02. The number of aryl methyl sites for hydroxylation is 3. The molecule has 1 aliphatic rings. The zero-order valence-electron chi connectivity index (χ0n) is 19.5. The molecule has 1 saturated carbocycles. The second-order valence-electron chi connectivity index (χ2n) is 8.87. The van der Waals surface area contributed by atoms with Crippen LogP contribution in [0.4, 0.5) is 15.8 Å². The molecule has 5 rings (SSSR count). The molecule has 1 aliphatic carbocycles. The molecule has 0 aliphatic heterocycles. The van der Waals surface area contributed by atoms with Crippen molar-refractivity contribution in [2.24, 2.45) is 5.41 Å². The van der Waals surface area contributed by atoms with Crippen LogP contribution in [0, 0.1) is 32.0 Å². The Morgan fingerprint density at radius 1 is 0.971 bits per heavy atom. The van der Waals surface area contributed by atoms with Crippen molar-refractivity contribution in [2.45, 2.75) is 33.6 Å². The SMILES string of the molecule is Cc1cc(Oc2ccnc3[nH]nc(C)c23)c(C)cc1NC(=O)C1(C(=O)Nc2ccc(F)cc2)CC1. The average Bonchev–Trinajstić information content (AvgIpc) is 3.57. The third kappa shape index (κ3) is 4.21. The zero-order chi connectivity index (χ0) is 24.7. The predicted molar refractivity (Wildman–Crippen MR) is 130 cm³/mol. The average molecular weight is 474 g/mol. The second-order valence-corrected chi connectivity index (χ2v) is 8.87. The third-order valence-electron chi connectivity index (χ3n) is 6.32. The molecule has 1 fully saturated rings. The highest BCUT2D eigenvalue weighted by atomic mass is 19.1. The summed E-state index contributed by atoms with van der Waals surface area (Å²) in [5.41, 5.74) is 2.97. The van der Waals surface area contributed by atoms with Crippen molar-refractivity contribution >= 4 is 34.2 Å². The van der Waals surface area contributed by atoms with Crippen LogP contribution in [0.2, 0.25) is 0 Å². The zero-order valence-corrected chi connectivity index (χ0v) is 19.5. The van der Waals surface area contributed by atoms with Gasteiger partial charge in [-0.1, -0.05) is 0 Å². The number of aromatic nitrogens is 3. The molecule has 35 heavy (non-hydrogen) atoms. The highest BCUT2D eigenvalue weighted by Crippen LogP contribution is 2.48. The molecule has 2 aromatic heterocycles. The largest absolute Gasteiger partial charge is 0.456 e. The van der Waals surface area contributed by atoms with Crippen molar-refractivity contribution in [1.29, 1.82) is 0 Å². The van der Waals surface area contributed by atoms with E-state index in [0.29, 0.717) is 41.4 Å². The van der Waals surface area contributed by atoms with E-state index in [0.717, 1.165) is 22.2 Å². The van der Waals surface area contributed by atoms with Crippen molar-refractivity contribution in [1.82, 2.24) is 15.2 Å². The maximum Gasteiger partial charge on any atom is 0.240 e. The second kappa shape index (κ2) is 8.50. The Hall–Kier alpha value is -4.27. The van der Waals surface area contributed by atoms with E-state index < -0.39 is 17.1 Å². The summed E-state index contributed by atoms with van der Waals surface area (Å²) in [7, 11) is 0. The summed E-state index contributed by atoms with van der Waals surface area (Å²) in [6.07, 6.45) is 2.55. The smallest absolute Gasteiger partial charge is 0.240 e. The van der Waals surface area contributed by atoms with E-state index in [4.69, 9.17) is 4.74 Å². The number of pyridine rings is 1. The van der Waals surface area contributed by atoms with E-state index in [1.165, 1.54) is 24.3 Å². The van der Waals surface area contributed by atoms with Gasteiger partial charge in [-0.05, 0) is 87.2 Å². The van der Waals surface area contributed by atoms with E-state index >= 15 is 0 Å². The Bertz CT molecular complexity index is 1460. The number of nitrogens with zero attached hydrogens (tertiary/aromatic N) is 2. The van der Waals surface area contributed by atoms with Gasteiger partial charge >= 0.3 is 0 Å². The number of fused-ring (bicyclic) bond motifs is 1. The fraction of sp³-hybridized carbons (Fsp3) is 0.231. The van der Waals surface area contributed by atoms with E-state index in [-0.39, 0.29) is 5.91 Å². The van der Waals surface area contributed by atoms with Crippen LogP contribution in [-0.4, -0.2) is 27.0 Å². The van der Waals surface area contributed by atoms with Gasteiger partial charge in [0.1, 0.15) is 22.7 Å². The lowest BCUT2D eigenvalue weighted by Crippen LogP contribution is -2.35. The van der Waals surface area contributed by atoms with Crippen molar-refractivity contribution in [3.8, 4) is 11.5 Å². The molecule has 0 saturated heterocycles. The van der Waals surface area contributed by atoms with Crippen molar-refractivity contribution in [2.75, 3.05) is 10.6 Å². The number of hydrogen-bond acceptors (Lipinski definition) is 5. The lowest BCUT2D eigenvalue weighted by molar-refractivity contribution is -0.131. The molecular formula is C26H24FN5O3. The Balaban J connectivity index is 1.33. The van der Waals surface area contributed by atoms with E-state index in [2.05, 4.69) is 25.8 Å². The molecular weight excluding hydrogens is 449 g/mol. The number of ether oxygens (including phenoxy) is 1. The van der Waals surface area contributed by atoms with Crippen LogP contribution >= 0.6 is 0 Å². The highest BCUT2D eigenvalue weighted by molar-refractivity contribution is 6.17. The summed E-state index contributed by atoms with van der Waals surface area (Å²) >= 11 is 0. The molecule has 9 heteroatoms. The summed E-state index contributed by atoms with van der Waals surface area (Å²) in [4.78, 5) is 30.2. The minimum Gasteiger partial charge on any atom is -0.456 e. The number of hydrogen-bond donors (Lipinski definition) is 3. The number of halogens is 1. The molecule has 8 nitrogen and oxygen atoms in total. The monoisotopic (exact) mass is 473 g/mol. The van der Waals surface area contributed by atoms with Gasteiger partial charge in [-0.15, -0.1) is 0 Å². The number of anilines is 2. The Labute approximate surface area is 200 Å². The fourth-order valence-electron chi connectivity index (χ4n) is 4.02. The quantitative estimate of drug-likeness (QED) is 0.335. The van der Waals surface area contributed by atoms with Crippen LogP contribution < -0.4 is 15.4 Å². The van der Waals surface area contributed by atoms with E-state index in [1.807, 2.05) is 32.9 Å². The van der Waals surface area contributed by atoms with Gasteiger partial charge in [0.15, 0.2) is 5.65 Å². The summed E-state index contributed by atoms with van der Waals surface area (Å²) in [6, 6.07) is 10.9. The molecule has 2 heterocycles. The normalized spacial score (nSPS) is 13.9. The number of amides is 2. The number of nitrogens with one attached hydrogen (secondary N) is 3. The third-order valence-corrected chi connectivity index (χ3v) is 6.32. The Morgan fingerprint density at radius 2 is 1.69 bits per heavy atom. The van der Waals surface area contributed by atoms with Gasteiger partial charge in [-0.2, -0.15) is 5.10 Å². The number of H-pyrrole nitrogens is 1. The lowest BCUT2D eigenvalue weighted by atomic mass is 10.0. The van der Waals surface area contributed by atoms with Gasteiger partial charge in [0, 0.05) is 17.6 Å². The number of carbonyl (C=O) groups is 2. The molecule has 4 aromatic rings. The van der Waals surface area contributed by atoms with Gasteiger partial charge in [-0.25, -0.2) is 9.37 Å². The summed E-state index contributed by atoms with van der Waals surface area (Å²) in [6.45, 7) is 5.63. The van der Waals surface area contributed by atoms with Crippen molar-refractivity contribution < 1.29 is 18.7 Å². The first kappa shape index (κ1) is 22.5. The van der Waals surface area contributed by atoms with Crippen molar-refractivity contribution in [3.05, 3.63) is 71.3 Å². The van der Waals surface area contributed by atoms with Crippen LogP contribution in [0.1, 0.15) is 29.7 Å². The molecule has 0 atom stereocenters. The molecule has 2 aromatic carbocycles. The summed E-state index contributed by atoms with van der Waals surface area (Å²) in [5.74, 6) is 0.124. The van der Waals surface area contributed by atoms with Crippen LogP contribution in [-0.2, 0) is 9.59 Å². The Morgan fingerprint density at radius 3 is 2.40 bits per heavy atom. The van der Waals surface area contributed by atoms with Gasteiger partial charge in [0.2, 0.25) is 11.8 Å².